The number of hydrogen-bond donors (Lipinski definition) is 4. The lowest BCUT2D eigenvalue weighted by Gasteiger charge is -2.22. The van der Waals surface area contributed by atoms with E-state index in [4.69, 9.17) is 21.4 Å². The van der Waals surface area contributed by atoms with Gasteiger partial charge in [0, 0.05) is 43.5 Å². The van der Waals surface area contributed by atoms with Crippen molar-refractivity contribution >= 4 is 35.2 Å². The largest absolute Gasteiger partial charge is 0.465 e. The molecule has 4 rings (SSSR count). The predicted octanol–water partition coefficient (Wildman–Crippen LogP) is 3.41. The van der Waals surface area contributed by atoms with Crippen molar-refractivity contribution in [2.45, 2.75) is 38.1 Å². The molecule has 2 atom stereocenters. The third kappa shape index (κ3) is 6.29. The first-order chi connectivity index (χ1) is 16.0. The fourth-order valence-electron chi connectivity index (χ4n) is 4.24. The zero-order valence-electron chi connectivity index (χ0n) is 18.1. The quantitative estimate of drug-likeness (QED) is 0.479. The number of carbonyl (C=O) groups excluding carboxylic acids is 1. The molecular formula is C22H27ClN6O4. The van der Waals surface area contributed by atoms with Crippen LogP contribution in [0.25, 0.3) is 11.3 Å². The molecule has 33 heavy (non-hydrogen) atoms. The molecule has 1 aliphatic heterocycles. The number of amides is 2. The van der Waals surface area contributed by atoms with Crippen LogP contribution >= 0.6 is 11.6 Å². The Bertz CT molecular complexity index is 1000. The van der Waals surface area contributed by atoms with Gasteiger partial charge in [0.15, 0.2) is 0 Å². The smallest absolute Gasteiger partial charge is 0.404 e. The van der Waals surface area contributed by atoms with Crippen molar-refractivity contribution in [2.75, 3.05) is 30.4 Å². The topological polar surface area (TPSA) is 138 Å². The molecule has 0 spiro atoms. The highest BCUT2D eigenvalue weighted by molar-refractivity contribution is 6.33. The molecule has 1 aliphatic carbocycles. The summed E-state index contributed by atoms with van der Waals surface area (Å²) in [6, 6.07) is 1.47. The molecule has 2 amide bonds. The number of anilines is 2. The Kier molecular flexibility index (Phi) is 7.56. The van der Waals surface area contributed by atoms with Crippen molar-refractivity contribution in [2.24, 2.45) is 11.8 Å². The average molecular weight is 475 g/mol. The molecule has 1 saturated carbocycles. The van der Waals surface area contributed by atoms with Crippen molar-refractivity contribution < 1.29 is 19.4 Å². The molecule has 2 aromatic rings. The fourth-order valence-corrected chi connectivity index (χ4v) is 4.44. The van der Waals surface area contributed by atoms with E-state index >= 15 is 0 Å². The van der Waals surface area contributed by atoms with Gasteiger partial charge in [-0.3, -0.25) is 9.78 Å². The van der Waals surface area contributed by atoms with Crippen molar-refractivity contribution in [1.29, 1.82) is 0 Å². The number of aromatic nitrogens is 3. The number of nitrogens with zero attached hydrogens (tertiary/aromatic N) is 3. The lowest BCUT2D eigenvalue weighted by molar-refractivity contribution is -0.119. The van der Waals surface area contributed by atoms with Gasteiger partial charge in [0.05, 0.1) is 23.1 Å². The van der Waals surface area contributed by atoms with Gasteiger partial charge in [-0.05, 0) is 44.1 Å². The van der Waals surface area contributed by atoms with Gasteiger partial charge in [0.2, 0.25) is 5.91 Å². The molecule has 11 heteroatoms. The molecule has 4 N–H and O–H groups in total. The first-order valence-corrected chi connectivity index (χ1v) is 11.5. The predicted molar refractivity (Wildman–Crippen MR) is 123 cm³/mol. The van der Waals surface area contributed by atoms with E-state index in [0.29, 0.717) is 53.1 Å². The maximum absolute atomic E-state index is 12.7. The normalized spacial score (nSPS) is 20.9. The summed E-state index contributed by atoms with van der Waals surface area (Å²) in [4.78, 5) is 36.6. The van der Waals surface area contributed by atoms with Crippen LogP contribution in [0.3, 0.4) is 0 Å². The number of nitrogens with one attached hydrogen (secondary N) is 3. The molecule has 10 nitrogen and oxygen atoms in total. The van der Waals surface area contributed by atoms with E-state index in [9.17, 15) is 9.59 Å². The van der Waals surface area contributed by atoms with E-state index in [1.807, 2.05) is 0 Å². The van der Waals surface area contributed by atoms with Crippen LogP contribution in [-0.4, -0.2) is 57.9 Å². The molecule has 0 unspecified atom stereocenters. The van der Waals surface area contributed by atoms with Crippen molar-refractivity contribution in [3.8, 4) is 11.3 Å². The number of carbonyl (C=O) groups is 2. The van der Waals surface area contributed by atoms with Gasteiger partial charge in [-0.2, -0.15) is 0 Å². The molecule has 0 radical (unpaired) electrons. The maximum atomic E-state index is 12.7. The highest BCUT2D eigenvalue weighted by atomic mass is 35.5. The Morgan fingerprint density at radius 2 is 1.94 bits per heavy atom. The Morgan fingerprint density at radius 1 is 1.12 bits per heavy atom. The van der Waals surface area contributed by atoms with Crippen LogP contribution in [0.5, 0.6) is 0 Å². The minimum atomic E-state index is -1.07. The molecule has 2 aliphatic rings. The van der Waals surface area contributed by atoms with Crippen LogP contribution in [0.4, 0.5) is 16.4 Å². The van der Waals surface area contributed by atoms with Crippen molar-refractivity contribution in [3.63, 3.8) is 0 Å². The van der Waals surface area contributed by atoms with Gasteiger partial charge in [-0.25, -0.2) is 14.8 Å². The summed E-state index contributed by atoms with van der Waals surface area (Å²) in [6.45, 7) is 2.37. The van der Waals surface area contributed by atoms with Crippen LogP contribution in [0.15, 0.2) is 24.7 Å². The van der Waals surface area contributed by atoms with Crippen LogP contribution in [0.2, 0.25) is 5.02 Å². The van der Waals surface area contributed by atoms with Gasteiger partial charge >= 0.3 is 6.09 Å². The summed E-state index contributed by atoms with van der Waals surface area (Å²) >= 11 is 6.37. The first kappa shape index (κ1) is 23.2. The van der Waals surface area contributed by atoms with Gasteiger partial charge < -0.3 is 25.8 Å². The highest BCUT2D eigenvalue weighted by Crippen LogP contribution is 2.30. The molecule has 0 bridgehead atoms. The highest BCUT2D eigenvalue weighted by Gasteiger charge is 2.31. The Hall–Kier alpha value is -2.98. The van der Waals surface area contributed by atoms with Crippen LogP contribution in [-0.2, 0) is 9.53 Å². The minimum absolute atomic E-state index is 0.191. The molecule has 176 valence electrons. The Balaban J connectivity index is 1.41. The number of rotatable bonds is 7. The zero-order valence-corrected chi connectivity index (χ0v) is 18.8. The van der Waals surface area contributed by atoms with Crippen molar-refractivity contribution in [3.05, 3.63) is 29.7 Å². The monoisotopic (exact) mass is 474 g/mol. The lowest BCUT2D eigenvalue weighted by atomic mass is 10.0. The van der Waals surface area contributed by atoms with E-state index in [-0.39, 0.29) is 17.9 Å². The van der Waals surface area contributed by atoms with E-state index < -0.39 is 6.09 Å². The minimum Gasteiger partial charge on any atom is -0.465 e. The van der Waals surface area contributed by atoms with E-state index in [0.717, 1.165) is 32.6 Å². The summed E-state index contributed by atoms with van der Waals surface area (Å²) in [6.07, 6.45) is 7.44. The van der Waals surface area contributed by atoms with E-state index in [2.05, 4.69) is 30.9 Å². The number of hydrogen-bond acceptors (Lipinski definition) is 7. The SMILES string of the molecule is O=C(O)N[C@@H]1CC[C@@H](C(=O)Nc2cc(-c3cncc(NCC4CCOCC4)n3)c(Cl)cn2)C1. The zero-order chi connectivity index (χ0) is 23.2. The number of carboxylic acid groups (broad SMARTS) is 1. The van der Waals surface area contributed by atoms with Gasteiger partial charge in [0.1, 0.15) is 11.6 Å². The molecule has 2 aromatic heterocycles. The van der Waals surface area contributed by atoms with Crippen LogP contribution in [0.1, 0.15) is 32.1 Å². The summed E-state index contributed by atoms with van der Waals surface area (Å²) in [5.41, 5.74) is 1.18. The van der Waals surface area contributed by atoms with E-state index in [1.165, 1.54) is 6.20 Å². The second-order valence-electron chi connectivity index (χ2n) is 8.42. The van der Waals surface area contributed by atoms with Gasteiger partial charge in [-0.15, -0.1) is 0 Å². The molecular weight excluding hydrogens is 448 g/mol. The fraction of sp³-hybridized carbons (Fsp3) is 0.500. The van der Waals surface area contributed by atoms with Gasteiger partial charge in [-0.1, -0.05) is 11.6 Å². The third-order valence-electron chi connectivity index (χ3n) is 6.06. The number of pyridine rings is 1. The summed E-state index contributed by atoms with van der Waals surface area (Å²) < 4.78 is 5.40. The van der Waals surface area contributed by atoms with Crippen molar-refractivity contribution in [1.82, 2.24) is 20.3 Å². The lowest BCUT2D eigenvalue weighted by Crippen LogP contribution is -2.32. The average Bonchev–Trinajstić information content (AvgIpc) is 3.28. The maximum Gasteiger partial charge on any atom is 0.404 e. The standard InChI is InChI=1S/C22H27ClN6O4/c23-17-10-26-19(29-21(30)14-1-2-15(7-14)27-22(31)32)8-16(17)18-11-24-12-20(28-18)25-9-13-3-5-33-6-4-13/h8,10-15,27H,1-7,9H2,(H,25,28)(H,31,32)(H,26,29,30)/t14-,15-/m1/s1. The van der Waals surface area contributed by atoms with Crippen LogP contribution in [0, 0.1) is 11.8 Å². The summed E-state index contributed by atoms with van der Waals surface area (Å²) in [5, 5.41) is 17.9. The first-order valence-electron chi connectivity index (χ1n) is 11.1. The molecule has 1 saturated heterocycles. The summed E-state index contributed by atoms with van der Waals surface area (Å²) in [5.74, 6) is 1.08. The van der Waals surface area contributed by atoms with Gasteiger partial charge in [0.25, 0.3) is 0 Å². The van der Waals surface area contributed by atoms with E-state index in [1.54, 1.807) is 18.5 Å². The van der Waals surface area contributed by atoms with Crippen LogP contribution < -0.4 is 16.0 Å². The molecule has 2 fully saturated rings. The third-order valence-corrected chi connectivity index (χ3v) is 6.36. The second kappa shape index (κ2) is 10.8. The molecule has 3 heterocycles. The Labute approximate surface area is 196 Å². The Morgan fingerprint density at radius 3 is 2.73 bits per heavy atom. The number of ether oxygens (including phenoxy) is 1. The second-order valence-corrected chi connectivity index (χ2v) is 8.83. The number of halogens is 1. The molecule has 0 aromatic carbocycles. The summed E-state index contributed by atoms with van der Waals surface area (Å²) in [7, 11) is 0.